The lowest BCUT2D eigenvalue weighted by Crippen LogP contribution is -2.35. The number of amides is 2. The number of carbonyl (C=O) groups is 1. The molecule has 0 spiro atoms. The van der Waals surface area contributed by atoms with Crippen LogP contribution < -0.4 is 20.1 Å². The Morgan fingerprint density at radius 3 is 2.67 bits per heavy atom. The van der Waals surface area contributed by atoms with Crippen molar-refractivity contribution in [3.8, 4) is 22.9 Å². The Kier molecular flexibility index (Phi) is 6.34. The number of halogens is 1. The van der Waals surface area contributed by atoms with Crippen molar-refractivity contribution in [3.63, 3.8) is 0 Å². The van der Waals surface area contributed by atoms with Gasteiger partial charge in [-0.25, -0.2) is 4.79 Å². The minimum Gasteiger partial charge on any atom is -0.486 e. The second-order valence-electron chi connectivity index (χ2n) is 6.71. The standard InChI is InChI=1S/C21H21ClN4O4/c22-16-6-4-15(5-7-16)20-25-19(30-26-20)13-24-21(27)23-9-1-2-14-3-8-17-18(12-14)29-11-10-28-17/h3-8,12H,1-2,9-11,13H2,(H2,23,24,27). The number of aryl methyl sites for hydroxylation is 1. The molecule has 0 bridgehead atoms. The van der Waals surface area contributed by atoms with Crippen molar-refractivity contribution in [2.75, 3.05) is 19.8 Å². The first kappa shape index (κ1) is 20.0. The summed E-state index contributed by atoms with van der Waals surface area (Å²) in [5.74, 6) is 2.33. The average molecular weight is 429 g/mol. The van der Waals surface area contributed by atoms with Gasteiger partial charge >= 0.3 is 6.03 Å². The molecule has 4 rings (SSSR count). The van der Waals surface area contributed by atoms with Crippen LogP contribution in [-0.4, -0.2) is 35.9 Å². The van der Waals surface area contributed by atoms with Gasteiger partial charge < -0.3 is 24.6 Å². The molecule has 0 atom stereocenters. The normalized spacial score (nSPS) is 12.4. The van der Waals surface area contributed by atoms with E-state index in [4.69, 9.17) is 25.6 Å². The fourth-order valence-corrected chi connectivity index (χ4v) is 3.12. The third-order valence-corrected chi connectivity index (χ3v) is 4.76. The minimum absolute atomic E-state index is 0.147. The molecule has 0 aliphatic carbocycles. The summed E-state index contributed by atoms with van der Waals surface area (Å²) in [4.78, 5) is 16.2. The molecule has 30 heavy (non-hydrogen) atoms. The zero-order valence-corrected chi connectivity index (χ0v) is 16.9. The molecule has 8 nitrogen and oxygen atoms in total. The van der Waals surface area contributed by atoms with Gasteiger partial charge in [0.1, 0.15) is 13.2 Å². The summed E-state index contributed by atoms with van der Waals surface area (Å²) < 4.78 is 16.3. The number of rotatable bonds is 7. The van der Waals surface area contributed by atoms with Crippen LogP contribution in [0, 0.1) is 0 Å². The van der Waals surface area contributed by atoms with E-state index in [1.54, 1.807) is 24.3 Å². The van der Waals surface area contributed by atoms with E-state index < -0.39 is 0 Å². The first-order chi connectivity index (χ1) is 14.7. The molecule has 2 heterocycles. The van der Waals surface area contributed by atoms with Crippen LogP contribution in [0.4, 0.5) is 4.79 Å². The van der Waals surface area contributed by atoms with Crippen LogP contribution in [0.3, 0.4) is 0 Å². The molecule has 0 fully saturated rings. The molecule has 2 N–H and O–H groups in total. The van der Waals surface area contributed by atoms with Crippen LogP contribution >= 0.6 is 11.6 Å². The van der Waals surface area contributed by atoms with Gasteiger partial charge in [0.25, 0.3) is 0 Å². The van der Waals surface area contributed by atoms with Gasteiger partial charge in [0.2, 0.25) is 11.7 Å². The maximum absolute atomic E-state index is 12.0. The minimum atomic E-state index is -0.289. The lowest BCUT2D eigenvalue weighted by Gasteiger charge is -2.18. The van der Waals surface area contributed by atoms with Crippen molar-refractivity contribution in [2.24, 2.45) is 0 Å². The number of benzene rings is 2. The number of nitrogens with one attached hydrogen (secondary N) is 2. The molecule has 1 aliphatic heterocycles. The highest BCUT2D eigenvalue weighted by molar-refractivity contribution is 6.30. The summed E-state index contributed by atoms with van der Waals surface area (Å²) in [6, 6.07) is 12.8. The van der Waals surface area contributed by atoms with E-state index >= 15 is 0 Å². The first-order valence-corrected chi connectivity index (χ1v) is 10.0. The number of ether oxygens (including phenoxy) is 2. The number of nitrogens with zero attached hydrogens (tertiary/aromatic N) is 2. The molecule has 0 saturated carbocycles. The van der Waals surface area contributed by atoms with Crippen LogP contribution in [0.1, 0.15) is 17.9 Å². The van der Waals surface area contributed by atoms with Crippen LogP contribution in [-0.2, 0) is 13.0 Å². The molecule has 1 aliphatic rings. The van der Waals surface area contributed by atoms with Crippen molar-refractivity contribution < 1.29 is 18.8 Å². The van der Waals surface area contributed by atoms with Gasteiger partial charge in [-0.1, -0.05) is 22.8 Å². The topological polar surface area (TPSA) is 98.5 Å². The van der Waals surface area contributed by atoms with Gasteiger partial charge in [0.15, 0.2) is 11.5 Å². The van der Waals surface area contributed by atoms with E-state index in [1.165, 1.54) is 0 Å². The van der Waals surface area contributed by atoms with Gasteiger partial charge in [-0.3, -0.25) is 0 Å². The lowest BCUT2D eigenvalue weighted by molar-refractivity contribution is 0.171. The van der Waals surface area contributed by atoms with Crippen LogP contribution in [0.15, 0.2) is 47.0 Å². The quantitative estimate of drug-likeness (QED) is 0.558. The predicted octanol–water partition coefficient (Wildman–Crippen LogP) is 3.59. The van der Waals surface area contributed by atoms with Gasteiger partial charge in [-0.05, 0) is 54.8 Å². The largest absolute Gasteiger partial charge is 0.486 e. The summed E-state index contributed by atoms with van der Waals surface area (Å²) in [5.41, 5.74) is 1.93. The van der Waals surface area contributed by atoms with Gasteiger partial charge in [-0.2, -0.15) is 4.98 Å². The van der Waals surface area contributed by atoms with Crippen LogP contribution in [0.25, 0.3) is 11.4 Å². The molecule has 9 heteroatoms. The maximum Gasteiger partial charge on any atom is 0.315 e. The van der Waals surface area contributed by atoms with Crippen LogP contribution in [0.5, 0.6) is 11.5 Å². The van der Waals surface area contributed by atoms with Crippen molar-refractivity contribution in [2.45, 2.75) is 19.4 Å². The van der Waals surface area contributed by atoms with E-state index in [2.05, 4.69) is 20.8 Å². The zero-order valence-electron chi connectivity index (χ0n) is 16.2. The van der Waals surface area contributed by atoms with Crippen molar-refractivity contribution >= 4 is 17.6 Å². The molecular formula is C21H21ClN4O4. The van der Waals surface area contributed by atoms with Crippen molar-refractivity contribution in [1.82, 2.24) is 20.8 Å². The van der Waals surface area contributed by atoms with Crippen molar-refractivity contribution in [3.05, 3.63) is 58.9 Å². The van der Waals surface area contributed by atoms with E-state index in [-0.39, 0.29) is 12.6 Å². The molecule has 2 amide bonds. The molecular weight excluding hydrogens is 408 g/mol. The summed E-state index contributed by atoms with van der Waals surface area (Å²) in [5, 5.41) is 10.1. The Labute approximate surface area is 178 Å². The number of hydrogen-bond donors (Lipinski definition) is 2. The number of hydrogen-bond acceptors (Lipinski definition) is 6. The Morgan fingerprint density at radius 1 is 1.03 bits per heavy atom. The number of aromatic nitrogens is 2. The molecule has 0 unspecified atom stereocenters. The molecule has 2 aromatic carbocycles. The highest BCUT2D eigenvalue weighted by atomic mass is 35.5. The van der Waals surface area contributed by atoms with Gasteiger partial charge in [0, 0.05) is 17.1 Å². The SMILES string of the molecule is O=C(NCCCc1ccc2c(c1)OCCO2)NCc1nc(-c2ccc(Cl)cc2)no1. The maximum atomic E-state index is 12.0. The first-order valence-electron chi connectivity index (χ1n) is 9.66. The van der Waals surface area contributed by atoms with Crippen molar-refractivity contribution in [1.29, 1.82) is 0 Å². The van der Waals surface area contributed by atoms with Gasteiger partial charge in [-0.15, -0.1) is 0 Å². The molecule has 156 valence electrons. The number of urea groups is 1. The fourth-order valence-electron chi connectivity index (χ4n) is 3.00. The average Bonchev–Trinajstić information content (AvgIpc) is 3.25. The number of carbonyl (C=O) groups excluding carboxylic acids is 1. The second kappa shape index (κ2) is 9.49. The highest BCUT2D eigenvalue weighted by Gasteiger charge is 2.12. The molecule has 0 radical (unpaired) electrons. The summed E-state index contributed by atoms with van der Waals surface area (Å²) in [7, 11) is 0. The smallest absolute Gasteiger partial charge is 0.315 e. The van der Waals surface area contributed by atoms with Gasteiger partial charge in [0.05, 0.1) is 6.54 Å². The Morgan fingerprint density at radius 2 is 1.83 bits per heavy atom. The summed E-state index contributed by atoms with van der Waals surface area (Å²) >= 11 is 5.87. The highest BCUT2D eigenvalue weighted by Crippen LogP contribution is 2.31. The Balaban J connectivity index is 1.17. The predicted molar refractivity (Wildman–Crippen MR) is 111 cm³/mol. The molecule has 1 aromatic heterocycles. The van der Waals surface area contributed by atoms with E-state index in [0.29, 0.717) is 36.5 Å². The zero-order chi connectivity index (χ0) is 20.8. The van der Waals surface area contributed by atoms with E-state index in [9.17, 15) is 4.79 Å². The number of fused-ring (bicyclic) bond motifs is 1. The lowest BCUT2D eigenvalue weighted by atomic mass is 10.1. The van der Waals surface area contributed by atoms with Crippen LogP contribution in [0.2, 0.25) is 5.02 Å². The third-order valence-electron chi connectivity index (χ3n) is 4.51. The van der Waals surface area contributed by atoms with E-state index in [0.717, 1.165) is 35.5 Å². The second-order valence-corrected chi connectivity index (χ2v) is 7.15. The molecule has 0 saturated heterocycles. The summed E-state index contributed by atoms with van der Waals surface area (Å²) in [6.45, 7) is 1.84. The Bertz CT molecular complexity index is 1010. The molecule has 3 aromatic rings. The monoisotopic (exact) mass is 428 g/mol. The fraction of sp³-hybridized carbons (Fsp3) is 0.286. The third kappa shape index (κ3) is 5.21. The Hall–Kier alpha value is -3.26. The van der Waals surface area contributed by atoms with E-state index in [1.807, 2.05) is 18.2 Å². The summed E-state index contributed by atoms with van der Waals surface area (Å²) in [6.07, 6.45) is 1.62.